The number of para-hydroxylation sites is 1. The van der Waals surface area contributed by atoms with Crippen LogP contribution in [0.5, 0.6) is 0 Å². The molecule has 0 bridgehead atoms. The van der Waals surface area contributed by atoms with Crippen molar-refractivity contribution in [2.75, 3.05) is 4.90 Å². The fraction of sp³-hybridized carbons (Fsp3) is 0.214. The summed E-state index contributed by atoms with van der Waals surface area (Å²) in [4.78, 5) is 2.54. The van der Waals surface area contributed by atoms with Crippen LogP contribution in [-0.2, 0) is 0 Å². The summed E-state index contributed by atoms with van der Waals surface area (Å²) in [6.07, 6.45) is 9.10. The lowest BCUT2D eigenvalue weighted by molar-refractivity contribution is 0.745. The van der Waals surface area contributed by atoms with Crippen molar-refractivity contribution in [2.24, 2.45) is 0 Å². The van der Waals surface area contributed by atoms with Crippen LogP contribution < -0.4 is 10.1 Å². The lowest BCUT2D eigenvalue weighted by Gasteiger charge is -2.28. The Balaban J connectivity index is 1.52. The highest BCUT2D eigenvalue weighted by Crippen LogP contribution is 2.47. The van der Waals surface area contributed by atoms with Crippen molar-refractivity contribution < 1.29 is 0 Å². The molecule has 1 heterocycles. The number of fused-ring (bicyclic) bond motifs is 3. The Kier molecular flexibility index (Phi) is 4.75. The van der Waals surface area contributed by atoms with Gasteiger partial charge in [-0.3, -0.25) is 0 Å². The zero-order valence-electron chi connectivity index (χ0n) is 18.1. The van der Waals surface area contributed by atoms with Gasteiger partial charge in [0.1, 0.15) is 0 Å². The zero-order chi connectivity index (χ0) is 20.7. The van der Waals surface area contributed by atoms with Crippen LogP contribution >= 0.6 is 0 Å². The van der Waals surface area contributed by atoms with Crippen molar-refractivity contribution >= 4 is 30.2 Å². The monoisotopic (exact) mass is 407 g/mol. The molecule has 30 heavy (non-hydrogen) atoms. The predicted octanol–water partition coefficient (Wildman–Crippen LogP) is 7.15. The molecule has 2 aliphatic rings. The normalized spacial score (nSPS) is 17.9. The Morgan fingerprint density at radius 1 is 0.833 bits per heavy atom. The van der Waals surface area contributed by atoms with Crippen LogP contribution in [0.15, 0.2) is 91.0 Å². The second-order valence-corrected chi connectivity index (χ2v) is 14.5. The minimum Gasteiger partial charge on any atom is -0.333 e. The van der Waals surface area contributed by atoms with E-state index in [9.17, 15) is 0 Å². The number of nitrogens with zero attached hydrogens (tertiary/aromatic N) is 1. The Hall–Kier alpha value is -2.84. The third-order valence-corrected chi connectivity index (χ3v) is 8.41. The van der Waals surface area contributed by atoms with Gasteiger partial charge in [0.05, 0.1) is 14.1 Å². The summed E-state index contributed by atoms with van der Waals surface area (Å²) >= 11 is 0. The van der Waals surface area contributed by atoms with Crippen LogP contribution in [0.1, 0.15) is 18.4 Å². The first kappa shape index (κ1) is 19.1. The van der Waals surface area contributed by atoms with Crippen LogP contribution in [-0.4, -0.2) is 14.1 Å². The van der Waals surface area contributed by atoms with Crippen molar-refractivity contribution in [1.82, 2.24) is 0 Å². The topological polar surface area (TPSA) is 3.24 Å². The van der Waals surface area contributed by atoms with Crippen LogP contribution in [0.2, 0.25) is 19.6 Å². The maximum Gasteiger partial charge on any atom is 0.0776 e. The quantitative estimate of drug-likeness (QED) is 0.417. The molecule has 0 aromatic heterocycles. The van der Waals surface area contributed by atoms with Crippen molar-refractivity contribution in [3.63, 3.8) is 0 Å². The van der Waals surface area contributed by atoms with Gasteiger partial charge in [0.2, 0.25) is 0 Å². The van der Waals surface area contributed by atoms with E-state index in [1.807, 2.05) is 0 Å². The Morgan fingerprint density at radius 3 is 2.43 bits per heavy atom. The summed E-state index contributed by atoms with van der Waals surface area (Å²) in [7, 11) is -1.31. The van der Waals surface area contributed by atoms with E-state index in [0.717, 1.165) is 12.8 Å². The van der Waals surface area contributed by atoms with Gasteiger partial charge in [0, 0.05) is 16.9 Å². The molecule has 3 aromatic carbocycles. The van der Waals surface area contributed by atoms with Gasteiger partial charge in [-0.15, -0.1) is 0 Å². The molecule has 0 spiro atoms. The molecule has 150 valence electrons. The molecular weight excluding hydrogens is 378 g/mol. The third kappa shape index (κ3) is 3.35. The van der Waals surface area contributed by atoms with Crippen molar-refractivity contribution in [3.8, 4) is 11.1 Å². The van der Waals surface area contributed by atoms with E-state index in [0.29, 0.717) is 6.04 Å². The van der Waals surface area contributed by atoms with Gasteiger partial charge in [-0.1, -0.05) is 97.7 Å². The second-order valence-electron chi connectivity index (χ2n) is 9.41. The van der Waals surface area contributed by atoms with E-state index in [-0.39, 0.29) is 0 Å². The molecule has 5 rings (SSSR count). The fourth-order valence-corrected chi connectivity index (χ4v) is 5.91. The van der Waals surface area contributed by atoms with E-state index >= 15 is 0 Å². The fourth-order valence-electron chi connectivity index (χ4n) is 4.72. The molecule has 0 fully saturated rings. The third-order valence-electron chi connectivity index (χ3n) is 6.37. The minimum atomic E-state index is -1.31. The standard InChI is InChI=1S/C28H29NSi/c1-30(2,3)24-11-9-10-22(20-24)21-16-18-23(19-17-21)29-27-14-6-4-5-12-25(27)26-13-7-8-15-28(26)29/h4-5,7-13,15-20,27H,6,14H2,1-3H3. The molecule has 1 atom stereocenters. The molecule has 1 nitrogen and oxygen atoms in total. The molecule has 1 unspecified atom stereocenters. The number of rotatable bonds is 3. The number of allylic oxidation sites excluding steroid dienone is 3. The first-order valence-corrected chi connectivity index (χ1v) is 14.5. The average Bonchev–Trinajstić information content (AvgIpc) is 2.89. The van der Waals surface area contributed by atoms with Crippen LogP contribution in [0.4, 0.5) is 11.4 Å². The molecule has 0 N–H and O–H groups in total. The summed E-state index contributed by atoms with van der Waals surface area (Å²) in [5, 5.41) is 1.51. The summed E-state index contributed by atoms with van der Waals surface area (Å²) in [6, 6.07) is 27.6. The summed E-state index contributed by atoms with van der Waals surface area (Å²) in [5.74, 6) is 0. The van der Waals surface area contributed by atoms with Gasteiger partial charge in [-0.25, -0.2) is 0 Å². The molecule has 0 saturated carbocycles. The van der Waals surface area contributed by atoms with Gasteiger partial charge < -0.3 is 4.90 Å². The Bertz CT molecular complexity index is 1130. The maximum atomic E-state index is 2.54. The maximum absolute atomic E-state index is 2.54. The average molecular weight is 408 g/mol. The second kappa shape index (κ2) is 7.44. The number of anilines is 2. The lowest BCUT2D eigenvalue weighted by Crippen LogP contribution is -2.37. The van der Waals surface area contributed by atoms with Crippen LogP contribution in [0.3, 0.4) is 0 Å². The highest BCUT2D eigenvalue weighted by atomic mass is 28.3. The van der Waals surface area contributed by atoms with Gasteiger partial charge in [-0.2, -0.15) is 0 Å². The predicted molar refractivity (Wildman–Crippen MR) is 134 cm³/mol. The molecule has 2 heteroatoms. The van der Waals surface area contributed by atoms with E-state index in [1.165, 1.54) is 38.8 Å². The summed E-state index contributed by atoms with van der Waals surface area (Å²) < 4.78 is 0. The van der Waals surface area contributed by atoms with E-state index in [2.05, 4.69) is 116 Å². The van der Waals surface area contributed by atoms with Crippen molar-refractivity contribution in [3.05, 3.63) is 96.6 Å². The molecule has 1 aliphatic carbocycles. The molecule has 0 radical (unpaired) electrons. The van der Waals surface area contributed by atoms with E-state index in [4.69, 9.17) is 0 Å². The van der Waals surface area contributed by atoms with Gasteiger partial charge >= 0.3 is 0 Å². The smallest absolute Gasteiger partial charge is 0.0776 e. The highest BCUT2D eigenvalue weighted by molar-refractivity contribution is 6.88. The SMILES string of the molecule is C[Si](C)(C)c1cccc(-c2ccc(N3c4ccccc4C4=CC=CCCC43)cc2)c1. The van der Waals surface area contributed by atoms with E-state index in [1.54, 1.807) is 0 Å². The van der Waals surface area contributed by atoms with Gasteiger partial charge in [0.15, 0.2) is 0 Å². The highest BCUT2D eigenvalue weighted by Gasteiger charge is 2.34. The van der Waals surface area contributed by atoms with E-state index < -0.39 is 8.07 Å². The first-order chi connectivity index (χ1) is 14.5. The zero-order valence-corrected chi connectivity index (χ0v) is 19.1. The van der Waals surface area contributed by atoms with Crippen molar-refractivity contribution in [1.29, 1.82) is 0 Å². The number of benzene rings is 3. The molecule has 0 saturated heterocycles. The largest absolute Gasteiger partial charge is 0.333 e. The summed E-state index contributed by atoms with van der Waals surface area (Å²) in [6.45, 7) is 7.23. The van der Waals surface area contributed by atoms with Crippen LogP contribution in [0.25, 0.3) is 16.7 Å². The van der Waals surface area contributed by atoms with Crippen LogP contribution in [0, 0.1) is 0 Å². The lowest BCUT2D eigenvalue weighted by atomic mass is 10.00. The van der Waals surface area contributed by atoms with Gasteiger partial charge in [-0.05, 0) is 47.7 Å². The number of hydrogen-bond donors (Lipinski definition) is 0. The number of hydrogen-bond acceptors (Lipinski definition) is 1. The Morgan fingerprint density at radius 2 is 1.63 bits per heavy atom. The molecular formula is C28H29NSi. The minimum absolute atomic E-state index is 0.415. The van der Waals surface area contributed by atoms with Crippen molar-refractivity contribution in [2.45, 2.75) is 38.5 Å². The molecule has 0 amide bonds. The first-order valence-electron chi connectivity index (χ1n) is 11.0. The summed E-state index contributed by atoms with van der Waals surface area (Å²) in [5.41, 5.74) is 8.06. The molecule has 1 aliphatic heterocycles. The molecule has 3 aromatic rings. The Labute approximate surface area is 181 Å². The van der Waals surface area contributed by atoms with Gasteiger partial charge in [0.25, 0.3) is 0 Å².